The third-order valence-electron chi connectivity index (χ3n) is 6.69. The molecule has 0 spiro atoms. The Morgan fingerprint density at radius 1 is 0.825 bits per heavy atom. The molecule has 1 fully saturated rings. The van der Waals surface area contributed by atoms with Gasteiger partial charge in [0.1, 0.15) is 18.8 Å². The number of hydrogen-bond donors (Lipinski definition) is 0. The molecule has 2 aromatic rings. The van der Waals surface area contributed by atoms with Gasteiger partial charge in [0.2, 0.25) is 0 Å². The Balaban J connectivity index is 1.69. The zero-order valence-electron chi connectivity index (χ0n) is 22.8. The fourth-order valence-electron chi connectivity index (χ4n) is 5.15. The minimum atomic E-state index is -1.24. The Labute approximate surface area is 237 Å². The lowest BCUT2D eigenvalue weighted by atomic mass is 9.89. The van der Waals surface area contributed by atoms with E-state index in [0.29, 0.717) is 17.1 Å². The van der Waals surface area contributed by atoms with Gasteiger partial charge in [-0.1, -0.05) is 48.0 Å². The van der Waals surface area contributed by atoms with E-state index < -0.39 is 54.4 Å². The monoisotopic (exact) mass is 573 g/mol. The number of hydrogen-bond acceptors (Lipinski definition) is 10. The van der Waals surface area contributed by atoms with Crippen LogP contribution in [0.4, 0.5) is 0 Å². The van der Waals surface area contributed by atoms with E-state index in [9.17, 15) is 19.2 Å². The molecule has 214 valence electrons. The molecule has 0 saturated carbocycles. The Morgan fingerprint density at radius 2 is 1.40 bits per heavy atom. The van der Waals surface area contributed by atoms with Crippen LogP contribution in [0.15, 0.2) is 42.5 Å². The van der Waals surface area contributed by atoms with E-state index in [1.807, 2.05) is 18.2 Å². The number of carbonyl (C=O) groups is 4. The first-order chi connectivity index (χ1) is 19.0. The van der Waals surface area contributed by atoms with Crippen LogP contribution in [0.25, 0.3) is 0 Å². The van der Waals surface area contributed by atoms with Crippen molar-refractivity contribution in [2.24, 2.45) is 0 Å². The van der Waals surface area contributed by atoms with Gasteiger partial charge in [-0.3, -0.25) is 24.1 Å². The van der Waals surface area contributed by atoms with Crippen molar-refractivity contribution >= 4 is 35.5 Å². The summed E-state index contributed by atoms with van der Waals surface area (Å²) in [5, 5.41) is 0.547. The molecule has 0 aromatic heterocycles. The van der Waals surface area contributed by atoms with Crippen molar-refractivity contribution in [2.45, 2.75) is 77.8 Å². The predicted octanol–water partition coefficient (Wildman–Crippen LogP) is 3.65. The largest absolute Gasteiger partial charge is 0.463 e. The SMILES string of the molecule is CC(=O)OCC1OC(c2ccc(Cl)c(CN3Cc4ccccc4C3)c2)[C@H](OC(C)=O)C(OC(C)=O)[C@@H]1OC(C)=O. The van der Waals surface area contributed by atoms with E-state index in [0.717, 1.165) is 18.7 Å². The Kier molecular flexibility index (Phi) is 9.44. The molecule has 0 aliphatic carbocycles. The Hall–Kier alpha value is -3.47. The lowest BCUT2D eigenvalue weighted by Crippen LogP contribution is -2.59. The predicted molar refractivity (Wildman–Crippen MR) is 142 cm³/mol. The highest BCUT2D eigenvalue weighted by Crippen LogP contribution is 2.39. The van der Waals surface area contributed by atoms with Gasteiger partial charge in [0.05, 0.1) is 0 Å². The fourth-order valence-corrected chi connectivity index (χ4v) is 5.32. The standard InChI is InChI=1S/C29H32ClNO9/c1-16(32)36-15-25-27(37-17(2)33)29(39-19(4)35)28(38-18(3)34)26(40-25)20-9-10-24(30)23(11-20)14-31-12-21-7-5-6-8-22(21)13-31/h5-11,25-29H,12-15H2,1-4H3/t25?,26?,27-,28+,29?/m1/s1. The van der Waals surface area contributed by atoms with Crippen molar-refractivity contribution in [3.63, 3.8) is 0 Å². The fraction of sp³-hybridized carbons (Fsp3) is 0.448. The highest BCUT2D eigenvalue weighted by atomic mass is 35.5. The second-order valence-corrected chi connectivity index (χ2v) is 10.3. The molecule has 0 N–H and O–H groups in total. The van der Waals surface area contributed by atoms with Crippen LogP contribution in [-0.2, 0) is 62.5 Å². The Bertz CT molecular complexity index is 1260. The average Bonchev–Trinajstić information content (AvgIpc) is 3.28. The van der Waals surface area contributed by atoms with Crippen LogP contribution >= 0.6 is 11.6 Å². The van der Waals surface area contributed by atoms with E-state index >= 15 is 0 Å². The van der Waals surface area contributed by atoms with Crippen LogP contribution in [0.5, 0.6) is 0 Å². The molecule has 5 atom stereocenters. The Morgan fingerprint density at radius 3 is 1.98 bits per heavy atom. The summed E-state index contributed by atoms with van der Waals surface area (Å²) in [6.07, 6.45) is -5.62. The lowest BCUT2D eigenvalue weighted by molar-refractivity contribution is -0.254. The van der Waals surface area contributed by atoms with Crippen LogP contribution in [0.2, 0.25) is 5.02 Å². The van der Waals surface area contributed by atoms with E-state index in [-0.39, 0.29) is 6.61 Å². The molecule has 4 rings (SSSR count). The summed E-state index contributed by atoms with van der Waals surface area (Å²) in [6.45, 7) is 6.62. The zero-order valence-corrected chi connectivity index (χ0v) is 23.5. The molecule has 2 aliphatic heterocycles. The summed E-state index contributed by atoms with van der Waals surface area (Å²) < 4.78 is 28.1. The topological polar surface area (TPSA) is 118 Å². The molecule has 2 aliphatic rings. The molecule has 10 nitrogen and oxygen atoms in total. The molecule has 3 unspecified atom stereocenters. The van der Waals surface area contributed by atoms with Crippen molar-refractivity contribution in [3.05, 3.63) is 69.7 Å². The number of nitrogens with zero attached hydrogens (tertiary/aromatic N) is 1. The van der Waals surface area contributed by atoms with Crippen LogP contribution in [0, 0.1) is 0 Å². The molecular formula is C29H32ClNO9. The quantitative estimate of drug-likeness (QED) is 0.342. The van der Waals surface area contributed by atoms with Gasteiger partial charge in [0.25, 0.3) is 0 Å². The first-order valence-corrected chi connectivity index (χ1v) is 13.3. The molecule has 0 bridgehead atoms. The third kappa shape index (κ3) is 7.18. The number of benzene rings is 2. The van der Waals surface area contributed by atoms with Crippen LogP contribution in [0.3, 0.4) is 0 Å². The molecular weight excluding hydrogens is 542 g/mol. The number of rotatable bonds is 8. The van der Waals surface area contributed by atoms with Crippen molar-refractivity contribution < 1.29 is 42.9 Å². The van der Waals surface area contributed by atoms with Gasteiger partial charge < -0.3 is 23.7 Å². The molecule has 2 aromatic carbocycles. The number of ether oxygens (including phenoxy) is 5. The number of halogens is 1. The summed E-state index contributed by atoms with van der Waals surface area (Å²) in [6, 6.07) is 13.5. The second kappa shape index (κ2) is 12.8. The highest BCUT2D eigenvalue weighted by Gasteiger charge is 2.52. The van der Waals surface area contributed by atoms with Gasteiger partial charge in [-0.2, -0.15) is 0 Å². The summed E-state index contributed by atoms with van der Waals surface area (Å²) in [5.41, 5.74) is 3.93. The minimum Gasteiger partial charge on any atom is -0.463 e. The van der Waals surface area contributed by atoms with Crippen molar-refractivity contribution in [3.8, 4) is 0 Å². The summed E-state index contributed by atoms with van der Waals surface area (Å²) in [7, 11) is 0. The van der Waals surface area contributed by atoms with E-state index in [4.69, 9.17) is 35.3 Å². The third-order valence-corrected chi connectivity index (χ3v) is 7.06. The normalized spacial score (nSPS) is 24.1. The van der Waals surface area contributed by atoms with Crippen molar-refractivity contribution in [2.75, 3.05) is 6.61 Å². The van der Waals surface area contributed by atoms with Gasteiger partial charge >= 0.3 is 23.9 Å². The molecule has 11 heteroatoms. The lowest BCUT2D eigenvalue weighted by Gasteiger charge is -2.44. The smallest absolute Gasteiger partial charge is 0.303 e. The summed E-state index contributed by atoms with van der Waals surface area (Å²) in [4.78, 5) is 50.1. The van der Waals surface area contributed by atoms with E-state index in [2.05, 4.69) is 17.0 Å². The van der Waals surface area contributed by atoms with Crippen LogP contribution in [0.1, 0.15) is 56.1 Å². The van der Waals surface area contributed by atoms with Gasteiger partial charge in [-0.15, -0.1) is 0 Å². The molecule has 1 saturated heterocycles. The first kappa shape index (κ1) is 29.5. The highest BCUT2D eigenvalue weighted by molar-refractivity contribution is 6.31. The van der Waals surface area contributed by atoms with Crippen molar-refractivity contribution in [1.29, 1.82) is 0 Å². The first-order valence-electron chi connectivity index (χ1n) is 12.9. The minimum absolute atomic E-state index is 0.291. The van der Waals surface area contributed by atoms with Gasteiger partial charge in [0.15, 0.2) is 18.3 Å². The summed E-state index contributed by atoms with van der Waals surface area (Å²) >= 11 is 6.60. The average molecular weight is 574 g/mol. The number of fused-ring (bicyclic) bond motifs is 1. The maximum Gasteiger partial charge on any atom is 0.303 e. The van der Waals surface area contributed by atoms with Crippen molar-refractivity contribution in [1.82, 2.24) is 4.90 Å². The van der Waals surface area contributed by atoms with Crippen LogP contribution in [-0.4, -0.2) is 59.8 Å². The molecule has 40 heavy (non-hydrogen) atoms. The number of carbonyl (C=O) groups excluding carboxylic acids is 4. The van der Waals surface area contributed by atoms with Gasteiger partial charge in [0, 0.05) is 52.4 Å². The molecule has 0 radical (unpaired) electrons. The van der Waals surface area contributed by atoms with E-state index in [1.54, 1.807) is 12.1 Å². The number of esters is 4. The van der Waals surface area contributed by atoms with E-state index in [1.165, 1.54) is 38.8 Å². The molecule has 0 amide bonds. The van der Waals surface area contributed by atoms with Gasteiger partial charge in [-0.05, 0) is 28.3 Å². The maximum atomic E-state index is 12.2. The molecule has 2 heterocycles. The maximum absolute atomic E-state index is 12.2. The zero-order chi connectivity index (χ0) is 29.0. The summed E-state index contributed by atoms with van der Waals surface area (Å²) in [5.74, 6) is -2.59. The van der Waals surface area contributed by atoms with Gasteiger partial charge in [-0.25, -0.2) is 0 Å². The second-order valence-electron chi connectivity index (χ2n) is 9.88. The van der Waals surface area contributed by atoms with Crippen LogP contribution < -0.4 is 0 Å².